The summed E-state index contributed by atoms with van der Waals surface area (Å²) >= 11 is 1.57. The molecule has 3 nitrogen and oxygen atoms in total. The van der Waals surface area contributed by atoms with Crippen molar-refractivity contribution in [1.82, 2.24) is 4.98 Å². The van der Waals surface area contributed by atoms with Crippen LogP contribution in [0.1, 0.15) is 25.0 Å². The Balaban J connectivity index is 1.96. The van der Waals surface area contributed by atoms with Crippen molar-refractivity contribution in [2.75, 3.05) is 6.54 Å². The summed E-state index contributed by atoms with van der Waals surface area (Å²) in [6.07, 6.45) is 3.86. The normalized spacial score (nSPS) is 26.7. The molecule has 14 heavy (non-hydrogen) atoms. The molecule has 2 N–H and O–H groups in total. The number of ether oxygens (including phenoxy) is 1. The predicted molar refractivity (Wildman–Crippen MR) is 57.7 cm³/mol. The molecular formula is C10H16N2OS. The topological polar surface area (TPSA) is 48.1 Å². The van der Waals surface area contributed by atoms with Crippen LogP contribution in [0.15, 0.2) is 5.38 Å². The van der Waals surface area contributed by atoms with Crippen molar-refractivity contribution in [3.63, 3.8) is 0 Å². The zero-order valence-electron chi connectivity index (χ0n) is 8.40. The molecule has 1 aromatic rings. The van der Waals surface area contributed by atoms with Crippen molar-refractivity contribution in [2.45, 2.75) is 32.3 Å². The van der Waals surface area contributed by atoms with E-state index in [2.05, 4.69) is 4.98 Å². The molecule has 0 amide bonds. The molecule has 4 heteroatoms. The number of nitrogens with two attached hydrogens (primary N) is 1. The Morgan fingerprint density at radius 2 is 2.50 bits per heavy atom. The molecule has 0 saturated heterocycles. The van der Waals surface area contributed by atoms with Gasteiger partial charge in [-0.1, -0.05) is 11.3 Å². The minimum Gasteiger partial charge on any atom is -0.466 e. The smallest absolute Gasteiger partial charge is 0.273 e. The summed E-state index contributed by atoms with van der Waals surface area (Å²) in [4.78, 5) is 4.30. The molecule has 0 aromatic carbocycles. The van der Waals surface area contributed by atoms with Crippen LogP contribution in [-0.4, -0.2) is 17.6 Å². The Morgan fingerprint density at radius 1 is 1.64 bits per heavy atom. The fourth-order valence-electron chi connectivity index (χ4n) is 1.94. The Hall–Kier alpha value is -0.610. The van der Waals surface area contributed by atoms with Gasteiger partial charge in [0, 0.05) is 11.3 Å². The van der Waals surface area contributed by atoms with Gasteiger partial charge in [-0.15, -0.1) is 0 Å². The van der Waals surface area contributed by atoms with Crippen molar-refractivity contribution in [3.8, 4) is 5.19 Å². The van der Waals surface area contributed by atoms with Crippen molar-refractivity contribution >= 4 is 11.3 Å². The lowest BCUT2D eigenvalue weighted by atomic mass is 10.1. The second kappa shape index (κ2) is 4.28. The van der Waals surface area contributed by atoms with Gasteiger partial charge >= 0.3 is 0 Å². The van der Waals surface area contributed by atoms with Gasteiger partial charge in [-0.3, -0.25) is 0 Å². The summed E-state index contributed by atoms with van der Waals surface area (Å²) in [5, 5.41) is 2.81. The van der Waals surface area contributed by atoms with Crippen LogP contribution in [0.4, 0.5) is 0 Å². The molecule has 2 rings (SSSR count). The van der Waals surface area contributed by atoms with E-state index in [1.807, 2.05) is 12.3 Å². The molecule has 2 atom stereocenters. The van der Waals surface area contributed by atoms with Crippen molar-refractivity contribution < 1.29 is 4.74 Å². The van der Waals surface area contributed by atoms with Gasteiger partial charge in [0.1, 0.15) is 6.10 Å². The molecule has 1 aromatic heterocycles. The minimum absolute atomic E-state index is 0.297. The lowest BCUT2D eigenvalue weighted by molar-refractivity contribution is 0.161. The van der Waals surface area contributed by atoms with Gasteiger partial charge in [-0.2, -0.15) is 0 Å². The highest BCUT2D eigenvalue weighted by Crippen LogP contribution is 2.30. The van der Waals surface area contributed by atoms with E-state index in [1.165, 1.54) is 12.8 Å². The summed E-state index contributed by atoms with van der Waals surface area (Å²) in [5.74, 6) is 0.527. The fourth-order valence-corrected chi connectivity index (χ4v) is 2.64. The number of rotatable bonds is 3. The molecule has 0 spiro atoms. The van der Waals surface area contributed by atoms with Crippen LogP contribution >= 0.6 is 11.3 Å². The molecule has 2 unspecified atom stereocenters. The third-order valence-corrected chi connectivity index (χ3v) is 3.59. The van der Waals surface area contributed by atoms with Crippen LogP contribution < -0.4 is 10.5 Å². The van der Waals surface area contributed by atoms with E-state index < -0.39 is 0 Å². The SMILES string of the molecule is Cc1csc(OC2CCCC2CN)n1. The standard InChI is InChI=1S/C10H16N2OS/c1-7-6-14-10(12-7)13-9-4-2-3-8(9)5-11/h6,8-9H,2-5,11H2,1H3. The maximum absolute atomic E-state index is 5.83. The van der Waals surface area contributed by atoms with Crippen molar-refractivity contribution in [1.29, 1.82) is 0 Å². The molecule has 0 aliphatic heterocycles. The zero-order valence-corrected chi connectivity index (χ0v) is 9.22. The molecule has 1 aliphatic rings. The fraction of sp³-hybridized carbons (Fsp3) is 0.700. The third-order valence-electron chi connectivity index (χ3n) is 2.74. The molecule has 78 valence electrons. The highest BCUT2D eigenvalue weighted by molar-refractivity contribution is 7.11. The summed E-state index contributed by atoms with van der Waals surface area (Å²) < 4.78 is 5.83. The number of thiazole rings is 1. The lowest BCUT2D eigenvalue weighted by Crippen LogP contribution is -2.27. The Kier molecular flexibility index (Phi) is 3.03. The van der Waals surface area contributed by atoms with Crippen LogP contribution in [0.5, 0.6) is 5.19 Å². The highest BCUT2D eigenvalue weighted by Gasteiger charge is 2.28. The Morgan fingerprint density at radius 3 is 3.14 bits per heavy atom. The third kappa shape index (κ3) is 2.07. The molecule has 1 heterocycles. The van der Waals surface area contributed by atoms with Crippen molar-refractivity contribution in [2.24, 2.45) is 11.7 Å². The minimum atomic E-state index is 0.297. The summed E-state index contributed by atoms with van der Waals surface area (Å²) in [7, 11) is 0. The van der Waals surface area contributed by atoms with Gasteiger partial charge in [0.2, 0.25) is 0 Å². The number of aryl methyl sites for hydroxylation is 1. The largest absolute Gasteiger partial charge is 0.466 e. The molecule has 1 fully saturated rings. The lowest BCUT2D eigenvalue weighted by Gasteiger charge is -2.17. The average Bonchev–Trinajstić information content (AvgIpc) is 2.76. The summed E-state index contributed by atoms with van der Waals surface area (Å²) in [6.45, 7) is 2.72. The van der Waals surface area contributed by atoms with E-state index in [-0.39, 0.29) is 0 Å². The zero-order chi connectivity index (χ0) is 9.97. The van der Waals surface area contributed by atoms with E-state index >= 15 is 0 Å². The van der Waals surface area contributed by atoms with Crippen LogP contribution in [0, 0.1) is 12.8 Å². The molecule has 0 radical (unpaired) electrons. The maximum Gasteiger partial charge on any atom is 0.273 e. The van der Waals surface area contributed by atoms with Crippen LogP contribution in [0.3, 0.4) is 0 Å². The van der Waals surface area contributed by atoms with Gasteiger partial charge < -0.3 is 10.5 Å². The van der Waals surface area contributed by atoms with Crippen molar-refractivity contribution in [3.05, 3.63) is 11.1 Å². The van der Waals surface area contributed by atoms with E-state index in [4.69, 9.17) is 10.5 Å². The van der Waals surface area contributed by atoms with E-state index in [1.54, 1.807) is 11.3 Å². The van der Waals surface area contributed by atoms with Crippen LogP contribution in [0.2, 0.25) is 0 Å². The molecule has 1 aliphatic carbocycles. The van der Waals surface area contributed by atoms with Gasteiger partial charge in [0.05, 0.1) is 5.69 Å². The quantitative estimate of drug-likeness (QED) is 0.833. The van der Waals surface area contributed by atoms with Gasteiger partial charge in [-0.05, 0) is 32.7 Å². The second-order valence-corrected chi connectivity index (χ2v) is 4.66. The van der Waals surface area contributed by atoms with E-state index in [0.29, 0.717) is 12.0 Å². The molecule has 1 saturated carbocycles. The first kappa shape index (κ1) is 9.93. The summed E-state index contributed by atoms with van der Waals surface area (Å²) in [5.41, 5.74) is 6.72. The van der Waals surface area contributed by atoms with Crippen LogP contribution in [-0.2, 0) is 0 Å². The maximum atomic E-state index is 5.83. The monoisotopic (exact) mass is 212 g/mol. The Bertz CT molecular complexity index is 300. The number of hydrogen-bond donors (Lipinski definition) is 1. The van der Waals surface area contributed by atoms with Gasteiger partial charge in [0.25, 0.3) is 5.19 Å². The first-order chi connectivity index (χ1) is 6.79. The number of aromatic nitrogens is 1. The predicted octanol–water partition coefficient (Wildman–Crippen LogP) is 1.96. The first-order valence-corrected chi connectivity index (χ1v) is 5.96. The van der Waals surface area contributed by atoms with Crippen LogP contribution in [0.25, 0.3) is 0 Å². The molecular weight excluding hydrogens is 196 g/mol. The number of nitrogens with zero attached hydrogens (tertiary/aromatic N) is 1. The molecule has 0 bridgehead atoms. The Labute approximate surface area is 88.3 Å². The van der Waals surface area contributed by atoms with E-state index in [9.17, 15) is 0 Å². The highest BCUT2D eigenvalue weighted by atomic mass is 32.1. The average molecular weight is 212 g/mol. The summed E-state index contributed by atoms with van der Waals surface area (Å²) in [6, 6.07) is 0. The number of hydrogen-bond acceptors (Lipinski definition) is 4. The second-order valence-electron chi connectivity index (χ2n) is 3.84. The van der Waals surface area contributed by atoms with Gasteiger partial charge in [-0.25, -0.2) is 4.98 Å². The van der Waals surface area contributed by atoms with Gasteiger partial charge in [0.15, 0.2) is 0 Å². The first-order valence-electron chi connectivity index (χ1n) is 5.08. The van der Waals surface area contributed by atoms with E-state index in [0.717, 1.165) is 23.9 Å².